The summed E-state index contributed by atoms with van der Waals surface area (Å²) in [6.45, 7) is 1.47. The number of benzene rings is 1. The first-order valence-corrected chi connectivity index (χ1v) is 5.79. The predicted octanol–water partition coefficient (Wildman–Crippen LogP) is 1.05. The molecule has 1 amide bonds. The largest absolute Gasteiger partial charge is 0.497 e. The number of rotatable bonds is 7. The van der Waals surface area contributed by atoms with Crippen molar-refractivity contribution in [1.82, 2.24) is 5.32 Å². The molecule has 6 nitrogen and oxygen atoms in total. The Bertz CT molecular complexity index is 429. The van der Waals surface area contributed by atoms with Crippen LogP contribution in [0, 0.1) is 0 Å². The zero-order valence-corrected chi connectivity index (χ0v) is 10.9. The number of aliphatic carboxylic acids is 1. The normalized spacial score (nSPS) is 11.5. The summed E-state index contributed by atoms with van der Waals surface area (Å²) in [4.78, 5) is 21.9. The molecular formula is C13H17NO5. The van der Waals surface area contributed by atoms with E-state index in [1.807, 2.05) is 0 Å². The van der Waals surface area contributed by atoms with Gasteiger partial charge in [0.2, 0.25) is 0 Å². The van der Waals surface area contributed by atoms with Crippen LogP contribution in [0.1, 0.15) is 13.3 Å². The summed E-state index contributed by atoms with van der Waals surface area (Å²) >= 11 is 0. The summed E-state index contributed by atoms with van der Waals surface area (Å²) in [5, 5.41) is 11.1. The van der Waals surface area contributed by atoms with Gasteiger partial charge in [0.25, 0.3) is 5.91 Å². The molecule has 1 unspecified atom stereocenters. The highest BCUT2D eigenvalue weighted by molar-refractivity contribution is 5.78. The molecule has 0 saturated carbocycles. The van der Waals surface area contributed by atoms with Crippen LogP contribution in [0.5, 0.6) is 11.5 Å². The summed E-state index contributed by atoms with van der Waals surface area (Å²) in [5.41, 5.74) is 0. The van der Waals surface area contributed by atoms with Gasteiger partial charge in [-0.25, -0.2) is 0 Å². The molecule has 1 aromatic carbocycles. The van der Waals surface area contributed by atoms with Crippen LogP contribution in [-0.4, -0.2) is 36.7 Å². The highest BCUT2D eigenvalue weighted by Gasteiger charge is 2.11. The number of carboxylic acid groups (broad SMARTS) is 1. The molecule has 0 aliphatic carbocycles. The van der Waals surface area contributed by atoms with Gasteiger partial charge in [-0.15, -0.1) is 0 Å². The molecule has 6 heteroatoms. The van der Waals surface area contributed by atoms with Gasteiger partial charge in [-0.1, -0.05) is 0 Å². The average Bonchev–Trinajstić information content (AvgIpc) is 2.36. The molecule has 1 aromatic rings. The standard InChI is InChI=1S/C13H17NO5/c1-9(7-13(16)17)14-12(15)8-19-11-5-3-10(18-2)4-6-11/h3-6,9H,7-8H2,1-2H3,(H,14,15)(H,16,17). The molecule has 0 aliphatic heterocycles. The quantitative estimate of drug-likeness (QED) is 0.771. The summed E-state index contributed by atoms with van der Waals surface area (Å²) in [5.74, 6) is -0.0674. The van der Waals surface area contributed by atoms with E-state index >= 15 is 0 Å². The van der Waals surface area contributed by atoms with Crippen molar-refractivity contribution in [3.05, 3.63) is 24.3 Å². The van der Waals surface area contributed by atoms with Crippen LogP contribution in [0.25, 0.3) is 0 Å². The second kappa shape index (κ2) is 7.25. The Labute approximate surface area is 111 Å². The topological polar surface area (TPSA) is 84.9 Å². The second-order valence-electron chi connectivity index (χ2n) is 4.03. The maximum absolute atomic E-state index is 11.5. The predicted molar refractivity (Wildman–Crippen MR) is 68.3 cm³/mol. The van der Waals surface area contributed by atoms with Gasteiger partial charge in [0.1, 0.15) is 11.5 Å². The number of carboxylic acids is 1. The number of amides is 1. The van der Waals surface area contributed by atoms with Crippen molar-refractivity contribution in [2.75, 3.05) is 13.7 Å². The van der Waals surface area contributed by atoms with Crippen LogP contribution >= 0.6 is 0 Å². The Morgan fingerprint density at radius 2 is 1.84 bits per heavy atom. The fraction of sp³-hybridized carbons (Fsp3) is 0.385. The Hall–Kier alpha value is -2.24. The monoisotopic (exact) mass is 267 g/mol. The van der Waals surface area contributed by atoms with Gasteiger partial charge in [-0.05, 0) is 31.2 Å². The lowest BCUT2D eigenvalue weighted by Crippen LogP contribution is -2.37. The van der Waals surface area contributed by atoms with Crippen molar-refractivity contribution in [2.45, 2.75) is 19.4 Å². The molecular weight excluding hydrogens is 250 g/mol. The number of ether oxygens (including phenoxy) is 2. The number of carbonyl (C=O) groups excluding carboxylic acids is 1. The molecule has 2 N–H and O–H groups in total. The van der Waals surface area contributed by atoms with Gasteiger partial charge < -0.3 is 19.9 Å². The molecule has 0 radical (unpaired) electrons. The van der Waals surface area contributed by atoms with E-state index < -0.39 is 12.0 Å². The first-order valence-electron chi connectivity index (χ1n) is 5.79. The fourth-order valence-electron chi connectivity index (χ4n) is 1.45. The van der Waals surface area contributed by atoms with E-state index in [2.05, 4.69) is 5.32 Å². The van der Waals surface area contributed by atoms with E-state index in [0.29, 0.717) is 11.5 Å². The van der Waals surface area contributed by atoms with Crippen molar-refractivity contribution in [3.63, 3.8) is 0 Å². The van der Waals surface area contributed by atoms with Crippen LogP contribution in [0.15, 0.2) is 24.3 Å². The highest BCUT2D eigenvalue weighted by atomic mass is 16.5. The van der Waals surface area contributed by atoms with E-state index in [1.165, 1.54) is 0 Å². The highest BCUT2D eigenvalue weighted by Crippen LogP contribution is 2.16. The van der Waals surface area contributed by atoms with Gasteiger partial charge >= 0.3 is 5.97 Å². The summed E-state index contributed by atoms with van der Waals surface area (Å²) in [6, 6.07) is 6.39. The Morgan fingerprint density at radius 3 is 2.37 bits per heavy atom. The Morgan fingerprint density at radius 1 is 1.26 bits per heavy atom. The van der Waals surface area contributed by atoms with Crippen molar-refractivity contribution < 1.29 is 24.2 Å². The zero-order valence-electron chi connectivity index (χ0n) is 10.9. The second-order valence-corrected chi connectivity index (χ2v) is 4.03. The van der Waals surface area contributed by atoms with Gasteiger partial charge in [-0.3, -0.25) is 9.59 Å². The first kappa shape index (κ1) is 14.8. The van der Waals surface area contributed by atoms with Crippen LogP contribution in [-0.2, 0) is 9.59 Å². The minimum absolute atomic E-state index is 0.117. The maximum atomic E-state index is 11.5. The molecule has 0 fully saturated rings. The maximum Gasteiger partial charge on any atom is 0.305 e. The number of hydrogen-bond donors (Lipinski definition) is 2. The van der Waals surface area contributed by atoms with Crippen LogP contribution in [0.2, 0.25) is 0 Å². The molecule has 0 heterocycles. The number of carbonyl (C=O) groups is 2. The van der Waals surface area contributed by atoms with Crippen LogP contribution in [0.3, 0.4) is 0 Å². The number of hydrogen-bond acceptors (Lipinski definition) is 4. The molecule has 0 saturated heterocycles. The third-order valence-electron chi connectivity index (χ3n) is 2.32. The molecule has 1 atom stereocenters. The lowest BCUT2D eigenvalue weighted by molar-refractivity contribution is -0.137. The molecule has 1 rings (SSSR count). The molecule has 0 bridgehead atoms. The van der Waals surface area contributed by atoms with Crippen LogP contribution < -0.4 is 14.8 Å². The molecule has 19 heavy (non-hydrogen) atoms. The fourth-order valence-corrected chi connectivity index (χ4v) is 1.45. The minimum atomic E-state index is -0.955. The third kappa shape index (κ3) is 5.76. The lowest BCUT2D eigenvalue weighted by Gasteiger charge is -2.12. The van der Waals surface area contributed by atoms with E-state index in [0.717, 1.165) is 0 Å². The lowest BCUT2D eigenvalue weighted by atomic mass is 10.2. The van der Waals surface area contributed by atoms with E-state index in [9.17, 15) is 9.59 Å². The van der Waals surface area contributed by atoms with Crippen LogP contribution in [0.4, 0.5) is 0 Å². The number of nitrogens with one attached hydrogen (secondary N) is 1. The van der Waals surface area contributed by atoms with E-state index in [1.54, 1.807) is 38.3 Å². The van der Waals surface area contributed by atoms with Gasteiger partial charge in [0, 0.05) is 6.04 Å². The molecule has 104 valence electrons. The van der Waals surface area contributed by atoms with Gasteiger partial charge in [0.15, 0.2) is 6.61 Å². The van der Waals surface area contributed by atoms with Crippen molar-refractivity contribution in [3.8, 4) is 11.5 Å². The van der Waals surface area contributed by atoms with Crippen molar-refractivity contribution in [1.29, 1.82) is 0 Å². The average molecular weight is 267 g/mol. The van der Waals surface area contributed by atoms with Crippen molar-refractivity contribution >= 4 is 11.9 Å². The Kier molecular flexibility index (Phi) is 5.66. The van der Waals surface area contributed by atoms with E-state index in [-0.39, 0.29) is 18.9 Å². The smallest absolute Gasteiger partial charge is 0.305 e. The van der Waals surface area contributed by atoms with Gasteiger partial charge in [0.05, 0.1) is 13.5 Å². The molecule has 0 aromatic heterocycles. The first-order chi connectivity index (χ1) is 9.01. The SMILES string of the molecule is COc1ccc(OCC(=O)NC(C)CC(=O)O)cc1. The zero-order chi connectivity index (χ0) is 14.3. The van der Waals surface area contributed by atoms with E-state index in [4.69, 9.17) is 14.6 Å². The molecule has 0 spiro atoms. The summed E-state index contributed by atoms with van der Waals surface area (Å²) in [7, 11) is 1.56. The number of methoxy groups -OCH3 is 1. The van der Waals surface area contributed by atoms with Gasteiger partial charge in [-0.2, -0.15) is 0 Å². The van der Waals surface area contributed by atoms with Crippen molar-refractivity contribution in [2.24, 2.45) is 0 Å². The Balaban J connectivity index is 2.34. The minimum Gasteiger partial charge on any atom is -0.497 e. The third-order valence-corrected chi connectivity index (χ3v) is 2.32. The molecule has 0 aliphatic rings. The summed E-state index contributed by atoms with van der Waals surface area (Å²) < 4.78 is 10.3. The summed E-state index contributed by atoms with van der Waals surface area (Å²) in [6.07, 6.45) is -0.117.